The van der Waals surface area contributed by atoms with Crippen LogP contribution in [0.1, 0.15) is 26.7 Å². The van der Waals surface area contributed by atoms with Crippen molar-refractivity contribution < 1.29 is 9.13 Å². The van der Waals surface area contributed by atoms with Gasteiger partial charge in [-0.15, -0.1) is 0 Å². The Balaban J connectivity index is 2.20. The first-order chi connectivity index (χ1) is 5.52. The maximum atomic E-state index is 13.4. The summed E-state index contributed by atoms with van der Waals surface area (Å²) in [6.07, 6.45) is 1.34. The fourth-order valence-electron chi connectivity index (χ4n) is 1.60. The predicted molar refractivity (Wildman–Crippen MR) is 46.7 cm³/mol. The van der Waals surface area contributed by atoms with Crippen molar-refractivity contribution in [2.24, 2.45) is 11.7 Å². The molecule has 72 valence electrons. The molecule has 0 aromatic heterocycles. The maximum Gasteiger partial charge on any atom is 0.158 e. The average molecular weight is 175 g/mol. The standard InChI is InChI=1S/C9H18FNO/c1-7(2)3-8(11)4-9(10)5-12-6-9/h7-8H,3-6,11H2,1-2H3/t8-/m1/s1. The van der Waals surface area contributed by atoms with Crippen molar-refractivity contribution in [3.8, 4) is 0 Å². The van der Waals surface area contributed by atoms with Crippen LogP contribution in [0.2, 0.25) is 0 Å². The summed E-state index contributed by atoms with van der Waals surface area (Å²) in [5.41, 5.74) is 4.66. The van der Waals surface area contributed by atoms with Crippen LogP contribution in [-0.2, 0) is 4.74 Å². The van der Waals surface area contributed by atoms with E-state index in [0.29, 0.717) is 12.3 Å². The summed E-state index contributed by atoms with van der Waals surface area (Å²) in [4.78, 5) is 0. The van der Waals surface area contributed by atoms with Crippen molar-refractivity contribution >= 4 is 0 Å². The second-order valence-electron chi connectivity index (χ2n) is 4.24. The van der Waals surface area contributed by atoms with Crippen molar-refractivity contribution in [2.45, 2.75) is 38.4 Å². The molecule has 0 unspecified atom stereocenters. The van der Waals surface area contributed by atoms with Gasteiger partial charge in [0.25, 0.3) is 0 Å². The SMILES string of the molecule is CC(C)C[C@@H](N)CC1(F)COC1. The van der Waals surface area contributed by atoms with E-state index in [4.69, 9.17) is 10.5 Å². The topological polar surface area (TPSA) is 35.2 Å². The third-order valence-corrected chi connectivity index (χ3v) is 2.12. The van der Waals surface area contributed by atoms with Crippen LogP contribution in [0.4, 0.5) is 4.39 Å². The molecule has 0 radical (unpaired) electrons. The molecule has 1 aliphatic rings. The van der Waals surface area contributed by atoms with Gasteiger partial charge in [-0.1, -0.05) is 13.8 Å². The number of rotatable bonds is 4. The minimum Gasteiger partial charge on any atom is -0.375 e. The van der Waals surface area contributed by atoms with Crippen LogP contribution in [0.5, 0.6) is 0 Å². The van der Waals surface area contributed by atoms with Crippen molar-refractivity contribution in [1.29, 1.82) is 0 Å². The lowest BCUT2D eigenvalue weighted by Crippen LogP contribution is -2.49. The Bertz CT molecular complexity index is 145. The molecule has 0 spiro atoms. The number of halogens is 1. The van der Waals surface area contributed by atoms with E-state index in [1.165, 1.54) is 0 Å². The minimum atomic E-state index is -1.12. The van der Waals surface area contributed by atoms with Crippen molar-refractivity contribution in [2.75, 3.05) is 13.2 Å². The largest absolute Gasteiger partial charge is 0.375 e. The molecule has 1 heterocycles. The Hall–Kier alpha value is -0.150. The van der Waals surface area contributed by atoms with Gasteiger partial charge < -0.3 is 10.5 Å². The highest BCUT2D eigenvalue weighted by Crippen LogP contribution is 2.28. The van der Waals surface area contributed by atoms with Crippen molar-refractivity contribution in [3.63, 3.8) is 0 Å². The lowest BCUT2D eigenvalue weighted by atomic mass is 9.91. The molecular formula is C9H18FNO. The highest BCUT2D eigenvalue weighted by molar-refractivity contribution is 4.89. The van der Waals surface area contributed by atoms with Crippen LogP contribution in [-0.4, -0.2) is 24.9 Å². The van der Waals surface area contributed by atoms with Gasteiger partial charge >= 0.3 is 0 Å². The van der Waals surface area contributed by atoms with Gasteiger partial charge in [-0.2, -0.15) is 0 Å². The van der Waals surface area contributed by atoms with E-state index in [1.54, 1.807) is 0 Å². The lowest BCUT2D eigenvalue weighted by molar-refractivity contribution is -0.136. The van der Waals surface area contributed by atoms with Gasteiger partial charge in [-0.25, -0.2) is 4.39 Å². The third-order valence-electron chi connectivity index (χ3n) is 2.12. The molecule has 1 rings (SSSR count). The van der Waals surface area contributed by atoms with Gasteiger partial charge in [-0.05, 0) is 12.3 Å². The van der Waals surface area contributed by atoms with Gasteiger partial charge in [0.1, 0.15) is 0 Å². The molecule has 3 heteroatoms. The van der Waals surface area contributed by atoms with Crippen LogP contribution >= 0.6 is 0 Å². The highest BCUT2D eigenvalue weighted by Gasteiger charge is 2.39. The molecule has 1 fully saturated rings. The monoisotopic (exact) mass is 175 g/mol. The molecule has 0 aliphatic carbocycles. The molecule has 0 amide bonds. The first-order valence-corrected chi connectivity index (χ1v) is 4.54. The molecule has 1 atom stereocenters. The first-order valence-electron chi connectivity index (χ1n) is 4.54. The number of nitrogens with two attached hydrogens (primary N) is 1. The van der Waals surface area contributed by atoms with Crippen LogP contribution < -0.4 is 5.73 Å². The van der Waals surface area contributed by atoms with E-state index >= 15 is 0 Å². The first kappa shape index (κ1) is 9.93. The van der Waals surface area contributed by atoms with Crippen LogP contribution in [0.3, 0.4) is 0 Å². The van der Waals surface area contributed by atoms with Crippen molar-refractivity contribution in [1.82, 2.24) is 0 Å². The third kappa shape index (κ3) is 2.72. The highest BCUT2D eigenvalue weighted by atomic mass is 19.1. The van der Waals surface area contributed by atoms with Gasteiger partial charge in [0, 0.05) is 12.5 Å². The smallest absolute Gasteiger partial charge is 0.158 e. The van der Waals surface area contributed by atoms with Gasteiger partial charge in [0.2, 0.25) is 0 Å². The average Bonchev–Trinajstić information content (AvgIpc) is 1.81. The summed E-state index contributed by atoms with van der Waals surface area (Å²) < 4.78 is 18.2. The van der Waals surface area contributed by atoms with Crippen molar-refractivity contribution in [3.05, 3.63) is 0 Å². The fraction of sp³-hybridized carbons (Fsp3) is 1.00. The summed E-state index contributed by atoms with van der Waals surface area (Å²) in [5, 5.41) is 0. The van der Waals surface area contributed by atoms with E-state index < -0.39 is 5.67 Å². The Morgan fingerprint density at radius 1 is 1.50 bits per heavy atom. The molecule has 0 saturated carbocycles. The minimum absolute atomic E-state index is 0.0149. The van der Waals surface area contributed by atoms with Crippen LogP contribution in [0.25, 0.3) is 0 Å². The summed E-state index contributed by atoms with van der Waals surface area (Å²) >= 11 is 0. The summed E-state index contributed by atoms with van der Waals surface area (Å²) in [7, 11) is 0. The fourth-order valence-corrected chi connectivity index (χ4v) is 1.60. The predicted octanol–water partition coefficient (Wildman–Crippen LogP) is 1.49. The second-order valence-corrected chi connectivity index (χ2v) is 4.24. The second kappa shape index (κ2) is 3.71. The quantitative estimate of drug-likeness (QED) is 0.702. The molecule has 12 heavy (non-hydrogen) atoms. The molecule has 1 aliphatic heterocycles. The number of ether oxygens (including phenoxy) is 1. The number of alkyl halides is 1. The zero-order valence-corrected chi connectivity index (χ0v) is 7.85. The van der Waals surface area contributed by atoms with E-state index in [9.17, 15) is 4.39 Å². The van der Waals surface area contributed by atoms with Gasteiger partial charge in [0.05, 0.1) is 13.2 Å². The summed E-state index contributed by atoms with van der Waals surface area (Å²) in [6.45, 7) is 4.67. The van der Waals surface area contributed by atoms with Gasteiger partial charge in [-0.3, -0.25) is 0 Å². The van der Waals surface area contributed by atoms with Crippen LogP contribution in [0.15, 0.2) is 0 Å². The molecule has 1 saturated heterocycles. The molecule has 0 aromatic rings. The molecule has 0 aromatic carbocycles. The molecule has 0 bridgehead atoms. The molecule has 2 nitrogen and oxygen atoms in total. The van der Waals surface area contributed by atoms with E-state index in [-0.39, 0.29) is 19.3 Å². The zero-order chi connectivity index (χ0) is 9.19. The molecular weight excluding hydrogens is 157 g/mol. The van der Waals surface area contributed by atoms with Gasteiger partial charge in [0.15, 0.2) is 5.67 Å². The zero-order valence-electron chi connectivity index (χ0n) is 7.85. The Morgan fingerprint density at radius 2 is 2.08 bits per heavy atom. The van der Waals surface area contributed by atoms with E-state index in [1.807, 2.05) is 0 Å². The normalized spacial score (nSPS) is 23.8. The van der Waals surface area contributed by atoms with E-state index in [0.717, 1.165) is 6.42 Å². The lowest BCUT2D eigenvalue weighted by Gasteiger charge is -2.35. The van der Waals surface area contributed by atoms with E-state index in [2.05, 4.69) is 13.8 Å². The number of hydrogen-bond donors (Lipinski definition) is 1. The maximum absolute atomic E-state index is 13.4. The Kier molecular flexibility index (Phi) is 3.07. The number of hydrogen-bond acceptors (Lipinski definition) is 2. The van der Waals surface area contributed by atoms with Crippen LogP contribution in [0, 0.1) is 5.92 Å². The summed E-state index contributed by atoms with van der Waals surface area (Å²) in [6, 6.07) is -0.0149. The summed E-state index contributed by atoms with van der Waals surface area (Å²) in [5.74, 6) is 0.546. The molecule has 2 N–H and O–H groups in total. The Morgan fingerprint density at radius 3 is 2.42 bits per heavy atom. The Labute approximate surface area is 73.3 Å².